The Morgan fingerprint density at radius 3 is 1.74 bits per heavy atom. The third-order valence-corrected chi connectivity index (χ3v) is 13.0. The van der Waals surface area contributed by atoms with Crippen LogP contribution in [0.4, 0.5) is 0 Å². The first-order valence-electron chi connectivity index (χ1n) is 6.18. The Kier molecular flexibility index (Phi) is 6.87. The van der Waals surface area contributed by atoms with Crippen molar-refractivity contribution in [1.82, 2.24) is 0 Å². The van der Waals surface area contributed by atoms with E-state index in [2.05, 4.69) is 104 Å². The summed E-state index contributed by atoms with van der Waals surface area (Å²) in [6, 6.07) is 20.1. The van der Waals surface area contributed by atoms with E-state index in [-0.39, 0.29) is 10.3 Å². The van der Waals surface area contributed by atoms with Gasteiger partial charge in [-0.15, -0.1) is 0 Å². The van der Waals surface area contributed by atoms with Crippen molar-refractivity contribution in [3.05, 3.63) is 60.2 Å². The van der Waals surface area contributed by atoms with Gasteiger partial charge in [0.05, 0.1) is 0 Å². The fourth-order valence-corrected chi connectivity index (χ4v) is 11.0. The molecule has 0 aliphatic rings. The molecule has 0 saturated carbocycles. The van der Waals surface area contributed by atoms with Gasteiger partial charge in [0.1, 0.15) is 0 Å². The van der Waals surface area contributed by atoms with Crippen LogP contribution in [0.25, 0.3) is 0 Å². The third kappa shape index (κ3) is 5.14. The molecule has 2 aromatic rings. The van der Waals surface area contributed by atoms with Crippen LogP contribution in [0.15, 0.2) is 54.6 Å². The van der Waals surface area contributed by atoms with Crippen LogP contribution >= 0.6 is 10.3 Å². The standard InChI is InChI=1S/C15H16P2Te2/c1-13-7-9-15(10-8-13)17(19)12-11-16(18)14-5-3-2-4-6-14/h2-10H,11-12H2,1H3/q+2. The van der Waals surface area contributed by atoms with Gasteiger partial charge in [0.15, 0.2) is 0 Å². The third-order valence-electron chi connectivity index (χ3n) is 2.87. The number of aryl methyl sites for hydroxylation is 1. The van der Waals surface area contributed by atoms with Gasteiger partial charge >= 0.3 is 143 Å². The molecule has 2 atom stereocenters. The van der Waals surface area contributed by atoms with Crippen LogP contribution in [0, 0.1) is 6.92 Å². The average molecular weight is 513 g/mol. The van der Waals surface area contributed by atoms with E-state index in [1.54, 1.807) is 5.30 Å². The quantitative estimate of drug-likeness (QED) is 0.426. The Bertz CT molecular complexity index is 577. The zero-order chi connectivity index (χ0) is 13.7. The van der Waals surface area contributed by atoms with Crippen LogP contribution in [0.5, 0.6) is 0 Å². The first-order chi connectivity index (χ1) is 9.16. The Labute approximate surface area is 141 Å². The summed E-state index contributed by atoms with van der Waals surface area (Å²) < 4.78 is 0. The van der Waals surface area contributed by atoms with E-state index in [1.165, 1.54) is 23.2 Å². The van der Waals surface area contributed by atoms with E-state index >= 15 is 0 Å². The molecule has 2 unspecified atom stereocenters. The minimum atomic E-state index is 0.0169. The van der Waals surface area contributed by atoms with Gasteiger partial charge in [-0.1, -0.05) is 0 Å². The first kappa shape index (κ1) is 16.0. The van der Waals surface area contributed by atoms with Crippen molar-refractivity contribution < 1.29 is 0 Å². The molecule has 0 radical (unpaired) electrons. The van der Waals surface area contributed by atoms with Crippen LogP contribution in [-0.4, -0.2) is 54.8 Å². The fourth-order valence-electron chi connectivity index (χ4n) is 1.75. The Morgan fingerprint density at radius 2 is 1.21 bits per heavy atom. The molecule has 2 rings (SSSR count). The van der Waals surface area contributed by atoms with Gasteiger partial charge in [-0.3, -0.25) is 0 Å². The predicted molar refractivity (Wildman–Crippen MR) is 92.0 cm³/mol. The van der Waals surface area contributed by atoms with Crippen LogP contribution in [-0.2, 0) is 0 Å². The molecule has 0 heterocycles. The van der Waals surface area contributed by atoms with Crippen molar-refractivity contribution in [3.8, 4) is 0 Å². The molecule has 0 aliphatic carbocycles. The molecule has 0 saturated heterocycles. The number of hydrogen-bond acceptors (Lipinski definition) is 0. The van der Waals surface area contributed by atoms with Crippen molar-refractivity contribution in [2.24, 2.45) is 0 Å². The minimum absolute atomic E-state index is 0.0169. The molecule has 0 N–H and O–H groups in total. The molecule has 96 valence electrons. The molecular weight excluding hydrogens is 497 g/mol. The normalized spacial score (nSPS) is 12.1. The Morgan fingerprint density at radius 1 is 0.737 bits per heavy atom. The Balaban J connectivity index is 1.94. The topological polar surface area (TPSA) is 0 Å². The van der Waals surface area contributed by atoms with Crippen molar-refractivity contribution in [2.45, 2.75) is 6.92 Å². The van der Waals surface area contributed by atoms with E-state index in [1.807, 2.05) is 0 Å². The van der Waals surface area contributed by atoms with Gasteiger partial charge < -0.3 is 0 Å². The summed E-state index contributed by atoms with van der Waals surface area (Å²) in [6.45, 7) is 2.16. The molecular formula is C15H16P2Te2+2. The SMILES string of the molecule is Cc1ccc([P+](=[Te])CC[P+](=[Te])c2ccccc2)cc1. The van der Waals surface area contributed by atoms with Crippen LogP contribution in [0.3, 0.4) is 0 Å². The maximum absolute atomic E-state index is 2.33. The summed E-state index contributed by atoms with van der Waals surface area (Å²) in [4.78, 5) is 0. The molecule has 19 heavy (non-hydrogen) atoms. The van der Waals surface area contributed by atoms with Gasteiger partial charge in [0, 0.05) is 0 Å². The fraction of sp³-hybridized carbons (Fsp3) is 0.200. The van der Waals surface area contributed by atoms with E-state index in [0.717, 1.165) is 0 Å². The van der Waals surface area contributed by atoms with Crippen molar-refractivity contribution in [2.75, 3.05) is 12.3 Å². The van der Waals surface area contributed by atoms with E-state index < -0.39 is 0 Å². The van der Waals surface area contributed by atoms with Crippen LogP contribution in [0.1, 0.15) is 5.56 Å². The average Bonchev–Trinajstić information content (AvgIpc) is 2.46. The predicted octanol–water partition coefficient (Wildman–Crippen LogP) is 3.08. The van der Waals surface area contributed by atoms with E-state index in [9.17, 15) is 0 Å². The zero-order valence-corrected chi connectivity index (χ0v) is 17.3. The second-order valence-corrected chi connectivity index (χ2v) is 15.4. The molecule has 0 nitrogen and oxygen atoms in total. The summed E-state index contributed by atoms with van der Waals surface area (Å²) >= 11 is 4.66. The second-order valence-electron chi connectivity index (χ2n) is 4.38. The molecule has 0 fully saturated rings. The van der Waals surface area contributed by atoms with Gasteiger partial charge in [-0.2, -0.15) is 0 Å². The zero-order valence-electron chi connectivity index (χ0n) is 10.8. The summed E-state index contributed by atoms with van der Waals surface area (Å²) in [6.07, 6.45) is 2.70. The monoisotopic (exact) mass is 518 g/mol. The number of rotatable bonds is 5. The molecule has 0 aliphatic heterocycles. The molecule has 2 aromatic carbocycles. The summed E-state index contributed by atoms with van der Waals surface area (Å²) in [5.41, 5.74) is 1.36. The molecule has 4 heteroatoms. The molecule has 0 amide bonds. The summed E-state index contributed by atoms with van der Waals surface area (Å²) in [5.74, 6) is 0. The first-order valence-corrected chi connectivity index (χ1v) is 15.3. The van der Waals surface area contributed by atoms with Gasteiger partial charge in [0.25, 0.3) is 0 Å². The number of hydrogen-bond donors (Lipinski definition) is 0. The summed E-state index contributed by atoms with van der Waals surface area (Å²) in [7, 11) is 0. The van der Waals surface area contributed by atoms with Crippen LogP contribution < -0.4 is 10.6 Å². The van der Waals surface area contributed by atoms with E-state index in [4.69, 9.17) is 0 Å². The molecule has 0 aromatic heterocycles. The van der Waals surface area contributed by atoms with Gasteiger partial charge in [0.2, 0.25) is 0 Å². The summed E-state index contributed by atoms with van der Waals surface area (Å²) in [5, 5.41) is 3.12. The Hall–Kier alpha value is 0.619. The maximum atomic E-state index is 2.33. The van der Waals surface area contributed by atoms with Gasteiger partial charge in [-0.25, -0.2) is 0 Å². The van der Waals surface area contributed by atoms with E-state index in [0.29, 0.717) is 0 Å². The molecule has 0 spiro atoms. The second kappa shape index (κ2) is 8.16. The van der Waals surface area contributed by atoms with Crippen molar-refractivity contribution >= 4 is 63.4 Å². The number of benzene rings is 2. The van der Waals surface area contributed by atoms with Gasteiger partial charge in [-0.05, 0) is 0 Å². The molecule has 0 bridgehead atoms. The van der Waals surface area contributed by atoms with Crippen molar-refractivity contribution in [1.29, 1.82) is 0 Å². The van der Waals surface area contributed by atoms with Crippen molar-refractivity contribution in [3.63, 3.8) is 0 Å². The van der Waals surface area contributed by atoms with Crippen LogP contribution in [0.2, 0.25) is 0 Å².